The van der Waals surface area contributed by atoms with Crippen molar-refractivity contribution in [1.29, 1.82) is 0 Å². The Kier molecular flexibility index (Phi) is 4.88. The summed E-state index contributed by atoms with van der Waals surface area (Å²) >= 11 is 0. The number of hydrogen-bond acceptors (Lipinski definition) is 4. The second kappa shape index (κ2) is 6.19. The Balaban J connectivity index is 2.44. The van der Waals surface area contributed by atoms with Gasteiger partial charge in [-0.25, -0.2) is 4.68 Å². The number of tetrazole rings is 1. The van der Waals surface area contributed by atoms with Crippen molar-refractivity contribution in [2.75, 3.05) is 0 Å². The van der Waals surface area contributed by atoms with Gasteiger partial charge >= 0.3 is 5.97 Å². The van der Waals surface area contributed by atoms with Gasteiger partial charge in [-0.2, -0.15) is 0 Å². The minimum absolute atomic E-state index is 0.288. The number of carboxylic acids is 1. The molecule has 1 unspecified atom stereocenters. The van der Waals surface area contributed by atoms with E-state index in [9.17, 15) is 4.79 Å². The lowest BCUT2D eigenvalue weighted by atomic mass is 9.99. The summed E-state index contributed by atoms with van der Waals surface area (Å²) in [6, 6.07) is 0. The van der Waals surface area contributed by atoms with E-state index in [1.807, 2.05) is 6.92 Å². The molecule has 1 aromatic rings. The van der Waals surface area contributed by atoms with E-state index in [4.69, 9.17) is 5.11 Å². The monoisotopic (exact) mass is 226 g/mol. The maximum absolute atomic E-state index is 11.0. The van der Waals surface area contributed by atoms with Gasteiger partial charge < -0.3 is 5.11 Å². The summed E-state index contributed by atoms with van der Waals surface area (Å²) in [7, 11) is 0. The molecule has 0 saturated heterocycles. The van der Waals surface area contributed by atoms with Crippen LogP contribution in [0.2, 0.25) is 0 Å². The molecule has 6 heteroatoms. The largest absolute Gasteiger partial charge is 0.481 e. The zero-order valence-electron chi connectivity index (χ0n) is 9.76. The van der Waals surface area contributed by atoms with Crippen molar-refractivity contribution in [3.8, 4) is 0 Å². The predicted octanol–water partition coefficient (Wildman–Crippen LogP) is 1.26. The number of rotatable bonds is 7. The number of hydrogen-bond donors (Lipinski definition) is 1. The van der Waals surface area contributed by atoms with Gasteiger partial charge in [0.05, 0.1) is 5.92 Å². The Hall–Kier alpha value is -1.46. The number of aliphatic carboxylic acids is 1. The van der Waals surface area contributed by atoms with E-state index < -0.39 is 5.97 Å². The highest BCUT2D eigenvalue weighted by molar-refractivity contribution is 5.69. The molecule has 0 saturated carbocycles. The first-order valence-corrected chi connectivity index (χ1v) is 5.60. The summed E-state index contributed by atoms with van der Waals surface area (Å²) in [5.41, 5.74) is 0. The maximum atomic E-state index is 11.0. The fourth-order valence-electron chi connectivity index (χ4n) is 1.58. The van der Waals surface area contributed by atoms with Crippen LogP contribution in [0.15, 0.2) is 0 Å². The first-order valence-electron chi connectivity index (χ1n) is 5.60. The van der Waals surface area contributed by atoms with Crippen LogP contribution in [-0.4, -0.2) is 31.3 Å². The lowest BCUT2D eigenvalue weighted by molar-refractivity contribution is -0.142. The number of carbonyl (C=O) groups is 1. The molecule has 0 aliphatic heterocycles. The fourth-order valence-corrected chi connectivity index (χ4v) is 1.58. The van der Waals surface area contributed by atoms with Gasteiger partial charge in [0.15, 0.2) is 0 Å². The van der Waals surface area contributed by atoms with Crippen molar-refractivity contribution in [2.45, 2.75) is 46.1 Å². The van der Waals surface area contributed by atoms with Crippen molar-refractivity contribution < 1.29 is 9.90 Å². The lowest BCUT2D eigenvalue weighted by Gasteiger charge is -2.11. The molecule has 0 fully saturated rings. The Bertz CT molecular complexity index is 337. The Morgan fingerprint density at radius 1 is 1.50 bits per heavy atom. The van der Waals surface area contributed by atoms with Gasteiger partial charge in [0.2, 0.25) is 0 Å². The third-order valence-corrected chi connectivity index (χ3v) is 2.66. The summed E-state index contributed by atoms with van der Waals surface area (Å²) in [6.45, 7) is 4.44. The molecule has 1 rings (SSSR count). The highest BCUT2D eigenvalue weighted by Crippen LogP contribution is 2.14. The van der Waals surface area contributed by atoms with Crippen molar-refractivity contribution in [3.63, 3.8) is 0 Å². The molecule has 0 spiro atoms. The molecule has 0 aliphatic rings. The molecule has 1 atom stereocenters. The van der Waals surface area contributed by atoms with Gasteiger partial charge in [-0.05, 0) is 30.2 Å². The van der Waals surface area contributed by atoms with E-state index in [1.54, 1.807) is 4.68 Å². The average molecular weight is 226 g/mol. The van der Waals surface area contributed by atoms with Crippen LogP contribution in [0.3, 0.4) is 0 Å². The van der Waals surface area contributed by atoms with Gasteiger partial charge in [0, 0.05) is 6.54 Å². The zero-order valence-corrected chi connectivity index (χ0v) is 9.76. The van der Waals surface area contributed by atoms with Crippen molar-refractivity contribution in [2.24, 2.45) is 5.92 Å². The molecule has 90 valence electrons. The third kappa shape index (κ3) is 3.60. The van der Waals surface area contributed by atoms with E-state index in [-0.39, 0.29) is 5.92 Å². The van der Waals surface area contributed by atoms with Crippen LogP contribution in [0.4, 0.5) is 0 Å². The molecular weight excluding hydrogens is 208 g/mol. The van der Waals surface area contributed by atoms with Crippen LogP contribution in [0.5, 0.6) is 0 Å². The highest BCUT2D eigenvalue weighted by atomic mass is 16.4. The van der Waals surface area contributed by atoms with Crippen LogP contribution in [0.1, 0.15) is 38.4 Å². The highest BCUT2D eigenvalue weighted by Gasteiger charge is 2.17. The summed E-state index contributed by atoms with van der Waals surface area (Å²) in [6.07, 6.45) is 3.29. The van der Waals surface area contributed by atoms with Gasteiger partial charge in [-0.3, -0.25) is 4.79 Å². The fraction of sp³-hybridized carbons (Fsp3) is 0.800. The third-order valence-electron chi connectivity index (χ3n) is 2.66. The van der Waals surface area contributed by atoms with Gasteiger partial charge in [0.25, 0.3) is 0 Å². The predicted molar refractivity (Wildman–Crippen MR) is 57.8 cm³/mol. The molecule has 16 heavy (non-hydrogen) atoms. The van der Waals surface area contributed by atoms with E-state index >= 15 is 0 Å². The van der Waals surface area contributed by atoms with Crippen molar-refractivity contribution in [1.82, 2.24) is 20.2 Å². The molecular formula is C10H18N4O2. The van der Waals surface area contributed by atoms with Crippen LogP contribution < -0.4 is 0 Å². The summed E-state index contributed by atoms with van der Waals surface area (Å²) in [5, 5.41) is 20.1. The molecule has 0 bridgehead atoms. The summed E-state index contributed by atoms with van der Waals surface area (Å²) < 4.78 is 1.64. The van der Waals surface area contributed by atoms with Crippen molar-refractivity contribution >= 4 is 5.97 Å². The van der Waals surface area contributed by atoms with Gasteiger partial charge in [-0.1, -0.05) is 19.8 Å². The lowest BCUT2D eigenvalue weighted by Crippen LogP contribution is -2.17. The minimum Gasteiger partial charge on any atom is -0.481 e. The topological polar surface area (TPSA) is 80.9 Å². The number of nitrogens with zero attached hydrogens (tertiary/aromatic N) is 4. The summed E-state index contributed by atoms with van der Waals surface area (Å²) in [4.78, 5) is 11.0. The van der Waals surface area contributed by atoms with E-state index in [0.717, 1.165) is 25.1 Å². The molecule has 1 aromatic heterocycles. The molecule has 0 aliphatic carbocycles. The SMILES string of the molecule is CCCCC(CCn1nnnc1C)C(=O)O. The van der Waals surface area contributed by atoms with Crippen LogP contribution in [0, 0.1) is 12.8 Å². The molecule has 1 N–H and O–H groups in total. The normalized spacial score (nSPS) is 12.6. The minimum atomic E-state index is -0.723. The number of unbranched alkanes of at least 4 members (excludes halogenated alkanes) is 1. The van der Waals surface area contributed by atoms with E-state index in [1.165, 1.54) is 0 Å². The smallest absolute Gasteiger partial charge is 0.306 e. The molecule has 0 radical (unpaired) electrons. The van der Waals surface area contributed by atoms with Gasteiger partial charge in [-0.15, -0.1) is 5.10 Å². The Morgan fingerprint density at radius 3 is 2.75 bits per heavy atom. The standard InChI is InChI=1S/C10H18N4O2/c1-3-4-5-9(10(15)16)6-7-14-8(2)11-12-13-14/h9H,3-7H2,1-2H3,(H,15,16). The molecule has 6 nitrogen and oxygen atoms in total. The van der Waals surface area contributed by atoms with E-state index in [0.29, 0.717) is 13.0 Å². The average Bonchev–Trinajstić information content (AvgIpc) is 2.64. The second-order valence-electron chi connectivity index (χ2n) is 3.92. The summed E-state index contributed by atoms with van der Waals surface area (Å²) in [5.74, 6) is -0.289. The first kappa shape index (κ1) is 12.6. The van der Waals surface area contributed by atoms with Gasteiger partial charge in [0.1, 0.15) is 5.82 Å². The van der Waals surface area contributed by atoms with Crippen molar-refractivity contribution in [3.05, 3.63) is 5.82 Å². The quantitative estimate of drug-likeness (QED) is 0.757. The number of aromatic nitrogens is 4. The zero-order chi connectivity index (χ0) is 12.0. The maximum Gasteiger partial charge on any atom is 0.306 e. The second-order valence-corrected chi connectivity index (χ2v) is 3.92. The molecule has 0 aromatic carbocycles. The molecule has 0 amide bonds. The number of aryl methyl sites for hydroxylation is 2. The number of carboxylic acid groups (broad SMARTS) is 1. The Labute approximate surface area is 94.7 Å². The van der Waals surface area contributed by atoms with Crippen LogP contribution in [0.25, 0.3) is 0 Å². The van der Waals surface area contributed by atoms with Crippen LogP contribution >= 0.6 is 0 Å². The van der Waals surface area contributed by atoms with E-state index in [2.05, 4.69) is 22.4 Å². The first-order chi connectivity index (χ1) is 7.65. The van der Waals surface area contributed by atoms with Crippen LogP contribution in [-0.2, 0) is 11.3 Å². The Morgan fingerprint density at radius 2 is 2.25 bits per heavy atom. The molecule has 1 heterocycles.